The molecule has 1 saturated heterocycles. The number of methoxy groups -OCH3 is 1. The second-order valence-corrected chi connectivity index (χ2v) is 13.5. The van der Waals surface area contributed by atoms with Crippen LogP contribution in [0.3, 0.4) is 0 Å². The first-order valence-corrected chi connectivity index (χ1v) is 15.7. The van der Waals surface area contributed by atoms with Gasteiger partial charge in [-0.25, -0.2) is 18.4 Å². The van der Waals surface area contributed by atoms with Gasteiger partial charge in [0.05, 0.1) is 28.8 Å². The van der Waals surface area contributed by atoms with Gasteiger partial charge in [-0.2, -0.15) is 18.2 Å². The molecule has 0 bridgehead atoms. The van der Waals surface area contributed by atoms with Crippen molar-refractivity contribution in [3.05, 3.63) is 50.9 Å². The third-order valence-electron chi connectivity index (χ3n) is 7.58. The van der Waals surface area contributed by atoms with Crippen LogP contribution in [0.4, 0.5) is 32.6 Å². The molecule has 46 heavy (non-hydrogen) atoms. The van der Waals surface area contributed by atoms with Gasteiger partial charge in [0.2, 0.25) is 0 Å². The van der Waals surface area contributed by atoms with Gasteiger partial charge in [-0.3, -0.25) is 4.57 Å². The summed E-state index contributed by atoms with van der Waals surface area (Å²) in [6.07, 6.45) is -5.53. The summed E-state index contributed by atoms with van der Waals surface area (Å²) >= 11 is 6.92. The number of halogens is 6. The van der Waals surface area contributed by atoms with E-state index in [1.807, 2.05) is 0 Å². The summed E-state index contributed by atoms with van der Waals surface area (Å²) in [5, 5.41) is -0.561. The second kappa shape index (κ2) is 12.8. The van der Waals surface area contributed by atoms with Crippen LogP contribution in [-0.4, -0.2) is 78.1 Å². The van der Waals surface area contributed by atoms with Crippen LogP contribution in [0.15, 0.2) is 27.9 Å². The molecule has 5 rings (SSSR count). The predicted molar refractivity (Wildman–Crippen MR) is 164 cm³/mol. The first-order chi connectivity index (χ1) is 21.5. The zero-order valence-corrected chi connectivity index (χ0v) is 27.2. The first kappa shape index (κ1) is 34.2. The molecule has 0 spiro atoms. The molecule has 0 aliphatic carbocycles. The lowest BCUT2D eigenvalue weighted by Crippen LogP contribution is -2.55. The Morgan fingerprint density at radius 3 is 2.48 bits per heavy atom. The number of thioether (sulfide) groups is 1. The van der Waals surface area contributed by atoms with Crippen molar-refractivity contribution in [3.8, 4) is 11.1 Å². The summed E-state index contributed by atoms with van der Waals surface area (Å²) < 4.78 is 91.2. The molecule has 9 nitrogen and oxygen atoms in total. The minimum absolute atomic E-state index is 0.000742. The van der Waals surface area contributed by atoms with Crippen LogP contribution < -0.4 is 10.6 Å². The van der Waals surface area contributed by atoms with Crippen molar-refractivity contribution < 1.29 is 41.0 Å². The van der Waals surface area contributed by atoms with Gasteiger partial charge < -0.3 is 24.0 Å². The number of aromatic nitrogens is 2. The van der Waals surface area contributed by atoms with Crippen LogP contribution in [0.25, 0.3) is 22.0 Å². The van der Waals surface area contributed by atoms with Crippen molar-refractivity contribution in [3.63, 3.8) is 0 Å². The van der Waals surface area contributed by atoms with E-state index >= 15 is 4.39 Å². The summed E-state index contributed by atoms with van der Waals surface area (Å²) in [6, 6.07) is 0.956. The third-order valence-corrected chi connectivity index (χ3v) is 9.10. The number of carbonyl (C=O) groups is 1. The van der Waals surface area contributed by atoms with E-state index < -0.39 is 69.0 Å². The van der Waals surface area contributed by atoms with Crippen molar-refractivity contribution in [2.45, 2.75) is 56.5 Å². The summed E-state index contributed by atoms with van der Waals surface area (Å²) in [5.74, 6) is -2.30. The Morgan fingerprint density at radius 2 is 1.85 bits per heavy atom. The SMILES string of the molecule is COCOC[C@H]1CSc2c(-c3cc(Cl)c(F)cc3F)c(C(F)(F)F)cc3c(N4CCN(C(=O)OC(C)(C)C)CC4C)nc(=O)n1c23. The smallest absolute Gasteiger partial charge is 0.417 e. The minimum atomic E-state index is -4.99. The Hall–Kier alpha value is -3.14. The van der Waals surface area contributed by atoms with Crippen LogP contribution in [0, 0.1) is 11.6 Å². The Balaban J connectivity index is 1.74. The van der Waals surface area contributed by atoms with Gasteiger partial charge in [-0.15, -0.1) is 11.8 Å². The Morgan fingerprint density at radius 1 is 1.13 bits per heavy atom. The van der Waals surface area contributed by atoms with Crippen molar-refractivity contribution >= 4 is 46.2 Å². The monoisotopic (exact) mass is 690 g/mol. The van der Waals surface area contributed by atoms with Crippen molar-refractivity contribution in [1.82, 2.24) is 14.5 Å². The number of anilines is 1. The van der Waals surface area contributed by atoms with E-state index in [9.17, 15) is 27.2 Å². The van der Waals surface area contributed by atoms with E-state index in [2.05, 4.69) is 4.98 Å². The number of hydrogen-bond donors (Lipinski definition) is 0. The minimum Gasteiger partial charge on any atom is -0.444 e. The van der Waals surface area contributed by atoms with Crippen LogP contribution >= 0.6 is 23.4 Å². The highest BCUT2D eigenvalue weighted by atomic mass is 35.5. The van der Waals surface area contributed by atoms with Crippen LogP contribution in [0.5, 0.6) is 0 Å². The molecule has 2 aromatic carbocycles. The molecule has 1 aromatic heterocycles. The lowest BCUT2D eigenvalue weighted by Gasteiger charge is -2.41. The number of piperazine rings is 1. The molecule has 250 valence electrons. The lowest BCUT2D eigenvalue weighted by atomic mass is 9.95. The maximum absolute atomic E-state index is 15.3. The molecular formula is C30H32ClF5N4O5S. The topological polar surface area (TPSA) is 86.1 Å². The molecule has 2 aliphatic rings. The maximum atomic E-state index is 15.3. The van der Waals surface area contributed by atoms with Crippen molar-refractivity contribution in [1.29, 1.82) is 0 Å². The van der Waals surface area contributed by atoms with Gasteiger partial charge in [0.1, 0.15) is 29.8 Å². The first-order valence-electron chi connectivity index (χ1n) is 14.3. The van der Waals surface area contributed by atoms with E-state index in [4.69, 9.17) is 25.8 Å². The molecule has 2 aliphatic heterocycles. The zero-order valence-electron chi connectivity index (χ0n) is 25.6. The van der Waals surface area contributed by atoms with Crippen molar-refractivity contribution in [2.24, 2.45) is 0 Å². The van der Waals surface area contributed by atoms with Gasteiger partial charge in [0.25, 0.3) is 0 Å². The maximum Gasteiger partial charge on any atom is 0.417 e. The molecule has 3 aromatic rings. The Kier molecular flexibility index (Phi) is 9.53. The molecule has 1 unspecified atom stereocenters. The quantitative estimate of drug-likeness (QED) is 0.122. The molecule has 16 heteroatoms. The van der Waals surface area contributed by atoms with E-state index in [0.717, 1.165) is 23.9 Å². The fourth-order valence-corrected chi connectivity index (χ4v) is 7.15. The molecule has 1 fully saturated rings. The van der Waals surface area contributed by atoms with E-state index in [1.54, 1.807) is 32.6 Å². The van der Waals surface area contributed by atoms with Crippen LogP contribution in [-0.2, 0) is 20.4 Å². The molecule has 2 atom stereocenters. The Bertz CT molecular complexity index is 1730. The molecule has 1 amide bonds. The van der Waals surface area contributed by atoms with E-state index in [0.29, 0.717) is 6.07 Å². The molecule has 3 heterocycles. The standard InChI is InChI=1S/C30H32ClF5N4O5S/c1-15-11-38(28(42)45-29(2,3)4)6-7-39(15)26-18-8-19(30(34,35)36)23(17-9-20(31)22(33)10-21(17)32)25-24(18)40(27(41)37-26)16(13-46-25)12-44-14-43-5/h8-10,15-16H,6-7,11-14H2,1-5H3/t15?,16-/m0/s1. The second-order valence-electron chi connectivity index (χ2n) is 12.1. The molecule has 0 N–H and O–H groups in total. The summed E-state index contributed by atoms with van der Waals surface area (Å²) in [6.45, 7) is 7.31. The number of alkyl halides is 3. The third kappa shape index (κ3) is 6.64. The number of amides is 1. The fraction of sp³-hybridized carbons (Fsp3) is 0.500. The van der Waals surface area contributed by atoms with Crippen LogP contribution in [0.2, 0.25) is 5.02 Å². The van der Waals surface area contributed by atoms with Crippen molar-refractivity contribution in [2.75, 3.05) is 50.8 Å². The Labute approximate surface area is 270 Å². The number of benzene rings is 2. The molecular weight excluding hydrogens is 659 g/mol. The van der Waals surface area contributed by atoms with E-state index in [1.165, 1.54) is 16.6 Å². The fourth-order valence-electron chi connectivity index (χ4n) is 5.67. The average Bonchev–Trinajstić information content (AvgIpc) is 2.95. The summed E-state index contributed by atoms with van der Waals surface area (Å²) in [4.78, 5) is 33.9. The van der Waals surface area contributed by atoms with Gasteiger partial charge in [-0.1, -0.05) is 11.6 Å². The number of rotatable bonds is 6. The lowest BCUT2D eigenvalue weighted by molar-refractivity contribution is -0.137. The molecule has 0 radical (unpaired) electrons. The van der Waals surface area contributed by atoms with Gasteiger partial charge in [-0.05, 0) is 39.8 Å². The zero-order chi connectivity index (χ0) is 33.7. The highest BCUT2D eigenvalue weighted by molar-refractivity contribution is 7.99. The van der Waals surface area contributed by atoms with E-state index in [-0.39, 0.29) is 60.4 Å². The average molecular weight is 691 g/mol. The number of carbonyl (C=O) groups excluding carboxylic acids is 1. The summed E-state index contributed by atoms with van der Waals surface area (Å²) in [7, 11) is 1.42. The summed E-state index contributed by atoms with van der Waals surface area (Å²) in [5.41, 5.74) is -3.71. The highest BCUT2D eigenvalue weighted by Gasteiger charge is 2.41. The predicted octanol–water partition coefficient (Wildman–Crippen LogP) is 6.73. The number of ether oxygens (including phenoxy) is 3. The number of nitrogens with zero attached hydrogens (tertiary/aromatic N) is 4. The number of hydrogen-bond acceptors (Lipinski definition) is 8. The molecule has 0 saturated carbocycles. The normalized spacial score (nSPS) is 18.8. The van der Waals surface area contributed by atoms with Gasteiger partial charge >= 0.3 is 18.0 Å². The van der Waals surface area contributed by atoms with Crippen LogP contribution in [0.1, 0.15) is 39.3 Å². The largest absolute Gasteiger partial charge is 0.444 e. The van der Waals surface area contributed by atoms with Gasteiger partial charge in [0, 0.05) is 66.0 Å². The highest BCUT2D eigenvalue weighted by Crippen LogP contribution is 2.50. The van der Waals surface area contributed by atoms with Gasteiger partial charge in [0.15, 0.2) is 0 Å².